The highest BCUT2D eigenvalue weighted by Crippen LogP contribution is 2.40. The van der Waals surface area contributed by atoms with Crippen LogP contribution in [0.3, 0.4) is 0 Å². The van der Waals surface area contributed by atoms with Crippen molar-refractivity contribution in [2.75, 3.05) is 37.3 Å². The van der Waals surface area contributed by atoms with Crippen molar-refractivity contribution in [1.82, 2.24) is 0 Å². The summed E-state index contributed by atoms with van der Waals surface area (Å²) in [5.74, 6) is 0. The Hall–Kier alpha value is 2.24. The maximum absolute atomic E-state index is 11.5. The predicted octanol–water partition coefficient (Wildman–Crippen LogP) is -5.41. The highest BCUT2D eigenvalue weighted by Gasteiger charge is 2.59. The van der Waals surface area contributed by atoms with Crippen LogP contribution in [0.5, 0.6) is 0 Å². The van der Waals surface area contributed by atoms with Crippen molar-refractivity contribution in [1.29, 1.82) is 0 Å². The van der Waals surface area contributed by atoms with Gasteiger partial charge in [-0.25, -0.2) is 0 Å². The summed E-state index contributed by atoms with van der Waals surface area (Å²) in [6.07, 6.45) is -58.0. The summed E-state index contributed by atoms with van der Waals surface area (Å²) >= 11 is 23.1. The van der Waals surface area contributed by atoms with E-state index in [0.717, 1.165) is 0 Å². The van der Waals surface area contributed by atoms with Gasteiger partial charge in [0.1, 0.15) is 128 Å². The lowest BCUT2D eigenvalue weighted by Crippen LogP contribution is -2.68. The third-order valence-electron chi connectivity index (χ3n) is 14.6. The second-order valence-electron chi connectivity index (χ2n) is 19.5. The Kier molecular flexibility index (Phi) is 24.0. The molecule has 14 bridgehead atoms. The van der Waals surface area contributed by atoms with Crippen molar-refractivity contribution >= 4 is 112 Å². The molecule has 35 atom stereocenters. The molecule has 0 unspecified atom stereocenters. The fraction of sp³-hybridized carbons (Fsp3) is 1.00. The number of rotatable bonds is 7. The zero-order valence-electron chi connectivity index (χ0n) is 39.8. The molecule has 0 aromatic rings. The maximum Gasteiger partial charge on any atom is 0.187 e. The van der Waals surface area contributed by atoms with Crippen molar-refractivity contribution in [3.8, 4) is 0 Å². The lowest BCUT2D eigenvalue weighted by Gasteiger charge is -2.50. The van der Waals surface area contributed by atoms with Crippen LogP contribution in [0.4, 0.5) is 0 Å². The number of aliphatic hydroxyl groups is 14. The minimum atomic E-state index is -1.95. The van der Waals surface area contributed by atoms with Crippen molar-refractivity contribution in [3.63, 3.8) is 0 Å². The minimum Gasteiger partial charge on any atom is -0.387 e. The van der Waals surface area contributed by atoms with E-state index in [1.807, 2.05) is 0 Å². The number of halogens is 7. The summed E-state index contributed by atoms with van der Waals surface area (Å²) in [5, 5.41) is 160. The Balaban J connectivity index is 1.08. The number of hydrogen-bond donors (Lipinski definition) is 14. The number of fused-ring (bicyclic) bond motifs is 7. The van der Waals surface area contributed by atoms with Gasteiger partial charge in [0.05, 0.1) is 42.7 Å². The van der Waals surface area contributed by atoms with E-state index in [9.17, 15) is 71.5 Å². The van der Waals surface area contributed by atoms with E-state index < -0.39 is 215 Å². The van der Waals surface area contributed by atoms with Gasteiger partial charge in [-0.3, -0.25) is 0 Å². The zero-order chi connectivity index (χ0) is 56.1. The van der Waals surface area contributed by atoms with Crippen LogP contribution in [-0.2, 0) is 66.3 Å². The molecule has 0 amide bonds. The molecule has 28 nitrogen and oxygen atoms in total. The zero-order valence-corrected chi connectivity index (χ0v) is 50.9. The molecule has 15 heterocycles. The molecule has 0 aromatic heterocycles. The third-order valence-corrected chi connectivity index (χ3v) is 19.1. The van der Waals surface area contributed by atoms with E-state index in [2.05, 4.69) is 112 Å². The first-order chi connectivity index (χ1) is 36.7. The second kappa shape index (κ2) is 28.4. The van der Waals surface area contributed by atoms with E-state index in [1.54, 1.807) is 0 Å². The van der Waals surface area contributed by atoms with Crippen LogP contribution in [0.25, 0.3) is 0 Å². The summed E-state index contributed by atoms with van der Waals surface area (Å²) in [5.41, 5.74) is 0. The van der Waals surface area contributed by atoms with Crippen LogP contribution in [0.2, 0.25) is 0 Å². The first-order valence-corrected chi connectivity index (χ1v) is 32.1. The Morgan fingerprint density at radius 2 is 0.273 bits per heavy atom. The fourth-order valence-electron chi connectivity index (χ4n) is 10.3. The molecule has 0 aromatic carbocycles. The molecule has 0 radical (unpaired) electrons. The highest BCUT2D eigenvalue weighted by atomic mass is 79.9. The van der Waals surface area contributed by atoms with Crippen molar-refractivity contribution < 1.29 is 138 Å². The Morgan fingerprint density at radius 1 is 0.169 bits per heavy atom. The summed E-state index contributed by atoms with van der Waals surface area (Å²) in [6, 6.07) is 0. The molecule has 15 saturated heterocycles. The summed E-state index contributed by atoms with van der Waals surface area (Å²) in [6.45, 7) is 0. The second-order valence-corrected chi connectivity index (χ2v) is 24.0. The van der Waals surface area contributed by atoms with Crippen LogP contribution in [0.1, 0.15) is 0 Å². The molecule has 77 heavy (non-hydrogen) atoms. The molecule has 0 saturated carbocycles. The normalized spacial score (nSPS) is 55.4. The molecule has 15 aliphatic heterocycles. The standard InChI is InChI=1S/C42H63Br7O28/c43-1-8-29-15(50)22(57)36(64-8)72-30-9(2-44)66-38(24(59)17(30)52)74-32-11(4-46)68-40(26(61)19(32)54)76-34-13(6-48)70-42(28(63)21(34)56)77-35-14(7-49)69-41(27(62)20(35)55)75-33-12(5-47)67-39(25(60)18(33)53)73-31-10(3-45)65-37(71-29)23(58)16(31)51/h8-42,50-63H,1-7H2/t8-,9-,10-,11-,12+,13+,14+,15+,16+,17+,18-,19-,20-,21-,22+,23+,24+,25-,26-,27-,28-,29-,30-,31-,32-,33-,34-,35-,36-,37-,38-,39-,40-,41-,42-/m1/s1. The van der Waals surface area contributed by atoms with E-state index in [1.165, 1.54) is 0 Å². The Labute approximate surface area is 497 Å². The monoisotopic (exact) mass is 1570 g/mol. The van der Waals surface area contributed by atoms with Gasteiger partial charge in [-0.2, -0.15) is 0 Å². The molecule has 35 heteroatoms. The van der Waals surface area contributed by atoms with Crippen LogP contribution < -0.4 is 0 Å². The average molecular weight is 1580 g/mol. The third kappa shape index (κ3) is 13.4. The first-order valence-electron chi connectivity index (χ1n) is 24.3. The SMILES string of the molecule is O[C@@H]1[C@H]2O[C@H]3[C@H](O)[C@@H](O)[C@@H](O[C@H]4[C@H](O)[C@@H](O)[C@@H](O[C@H]5[C@H](O)[C@@H](O)[C@@H](O[C@H]6[C@H](O)[C@@H](O)[C@@H](O[C@H]7[C@@H](O)[C@H](O)[C@@H](O[C@H]8[C@@H](O)[C@H](O)[C@@H](O[C@@H]([C@H]1O)[C@@H](CBr)O2)O[C@@H]8CBr)O[C@@H]7CBr)O[C@H]6CBr)O[C@H]5CBr)O[C@H]4CBr)O[C@@H]3CBr. The Bertz CT molecular complexity index is 1490. The maximum atomic E-state index is 11.5. The summed E-state index contributed by atoms with van der Waals surface area (Å²) < 4.78 is 84.2. The number of ether oxygens (including phenoxy) is 14. The van der Waals surface area contributed by atoms with Gasteiger partial charge >= 0.3 is 0 Å². The molecule has 0 aliphatic carbocycles. The quantitative estimate of drug-likeness (QED) is 0.106. The highest BCUT2D eigenvalue weighted by molar-refractivity contribution is 9.10. The van der Waals surface area contributed by atoms with Gasteiger partial charge < -0.3 is 138 Å². The molecule has 15 fully saturated rings. The first kappa shape index (κ1) is 65.2. The molecule has 15 aliphatic rings. The molecular formula is C42H63Br7O28. The van der Waals surface area contributed by atoms with Gasteiger partial charge in [-0.05, 0) is 0 Å². The molecular weight excluding hydrogens is 1510 g/mol. The number of aliphatic hydroxyl groups excluding tert-OH is 14. The van der Waals surface area contributed by atoms with E-state index in [-0.39, 0.29) is 37.3 Å². The van der Waals surface area contributed by atoms with Crippen LogP contribution in [-0.4, -0.2) is 324 Å². The van der Waals surface area contributed by atoms with E-state index in [0.29, 0.717) is 0 Å². The van der Waals surface area contributed by atoms with Crippen LogP contribution in [0.15, 0.2) is 0 Å². The Morgan fingerprint density at radius 3 is 0.364 bits per heavy atom. The lowest BCUT2D eigenvalue weighted by atomic mass is 9.95. The van der Waals surface area contributed by atoms with Crippen LogP contribution in [0, 0.1) is 0 Å². The summed E-state index contributed by atoms with van der Waals surface area (Å²) in [7, 11) is 0. The average Bonchev–Trinajstić information content (AvgIpc) is 3.42. The van der Waals surface area contributed by atoms with Crippen molar-refractivity contribution in [2.45, 2.75) is 215 Å². The number of alkyl halides is 7. The predicted molar refractivity (Wildman–Crippen MR) is 275 cm³/mol. The molecule has 14 N–H and O–H groups in total. The van der Waals surface area contributed by atoms with Gasteiger partial charge in [0.25, 0.3) is 0 Å². The van der Waals surface area contributed by atoms with Gasteiger partial charge in [0.2, 0.25) is 0 Å². The van der Waals surface area contributed by atoms with E-state index >= 15 is 0 Å². The van der Waals surface area contributed by atoms with Gasteiger partial charge in [-0.1, -0.05) is 112 Å². The largest absolute Gasteiger partial charge is 0.387 e. The lowest BCUT2D eigenvalue weighted by molar-refractivity contribution is -0.388. The molecule has 448 valence electrons. The molecule has 15 rings (SSSR count). The van der Waals surface area contributed by atoms with Gasteiger partial charge in [0, 0.05) is 37.3 Å². The van der Waals surface area contributed by atoms with Crippen molar-refractivity contribution in [2.24, 2.45) is 0 Å². The fourth-order valence-corrected chi connectivity index (χ4v) is 13.9. The molecule has 0 spiro atoms. The summed E-state index contributed by atoms with van der Waals surface area (Å²) in [4.78, 5) is 0. The van der Waals surface area contributed by atoms with Crippen molar-refractivity contribution in [3.05, 3.63) is 0 Å². The van der Waals surface area contributed by atoms with Gasteiger partial charge in [0.15, 0.2) is 44.0 Å². The minimum absolute atomic E-state index is 0.103. The van der Waals surface area contributed by atoms with Gasteiger partial charge in [-0.15, -0.1) is 0 Å². The van der Waals surface area contributed by atoms with E-state index in [4.69, 9.17) is 66.3 Å². The smallest absolute Gasteiger partial charge is 0.187 e. The topological polar surface area (TPSA) is 412 Å². The number of hydrogen-bond acceptors (Lipinski definition) is 28. The van der Waals surface area contributed by atoms with Crippen LogP contribution >= 0.6 is 112 Å².